The molecule has 0 heterocycles. The second-order valence-corrected chi connectivity index (χ2v) is 4.09. The molecule has 0 aliphatic carbocycles. The number of carbonyl (C=O) groups is 1. The van der Waals surface area contributed by atoms with Crippen molar-refractivity contribution in [2.75, 3.05) is 12.3 Å². The van der Waals surface area contributed by atoms with Gasteiger partial charge < -0.3 is 10.8 Å². The van der Waals surface area contributed by atoms with Crippen LogP contribution in [0.2, 0.25) is 0 Å². The third-order valence-corrected chi connectivity index (χ3v) is 2.85. The van der Waals surface area contributed by atoms with Crippen molar-refractivity contribution >= 4 is 17.7 Å². The predicted molar refractivity (Wildman–Crippen MR) is 57.9 cm³/mol. The largest absolute Gasteiger partial charge is 0.478 e. The van der Waals surface area contributed by atoms with Gasteiger partial charge in [0.2, 0.25) is 0 Å². The molecule has 0 spiro atoms. The van der Waals surface area contributed by atoms with E-state index in [0.717, 1.165) is 16.2 Å². The second kappa shape index (κ2) is 5.02. The normalized spacial score (nSPS) is 10.1. The minimum atomic E-state index is -0.877. The van der Waals surface area contributed by atoms with Crippen LogP contribution in [0.15, 0.2) is 23.1 Å². The van der Waals surface area contributed by atoms with Gasteiger partial charge in [-0.1, -0.05) is 6.07 Å². The number of aryl methyl sites for hydroxylation is 1. The third kappa shape index (κ3) is 2.75. The van der Waals surface area contributed by atoms with E-state index in [1.807, 2.05) is 12.1 Å². The summed E-state index contributed by atoms with van der Waals surface area (Å²) >= 11 is 1.57. The Labute approximate surface area is 87.3 Å². The molecule has 1 aromatic carbocycles. The number of nitrogens with two attached hydrogens (primary N) is 1. The van der Waals surface area contributed by atoms with Gasteiger partial charge in [0.1, 0.15) is 0 Å². The lowest BCUT2D eigenvalue weighted by Gasteiger charge is -2.04. The fraction of sp³-hybridized carbons (Fsp3) is 0.300. The molecular weight excluding hydrogens is 198 g/mol. The SMILES string of the molecule is Cc1ccc(SCCN)cc1C(=O)O. The van der Waals surface area contributed by atoms with Gasteiger partial charge in [0, 0.05) is 17.2 Å². The molecule has 3 nitrogen and oxygen atoms in total. The molecule has 0 atom stereocenters. The molecule has 1 aromatic rings. The fourth-order valence-corrected chi connectivity index (χ4v) is 1.82. The highest BCUT2D eigenvalue weighted by atomic mass is 32.2. The molecule has 0 amide bonds. The smallest absolute Gasteiger partial charge is 0.335 e. The van der Waals surface area contributed by atoms with E-state index < -0.39 is 5.97 Å². The summed E-state index contributed by atoms with van der Waals surface area (Å²) < 4.78 is 0. The molecule has 3 N–H and O–H groups in total. The molecule has 0 saturated carbocycles. The van der Waals surface area contributed by atoms with Crippen molar-refractivity contribution in [3.8, 4) is 0 Å². The quantitative estimate of drug-likeness (QED) is 0.745. The number of hydrogen-bond donors (Lipinski definition) is 2. The first kappa shape index (κ1) is 11.1. The lowest BCUT2D eigenvalue weighted by atomic mass is 10.1. The summed E-state index contributed by atoms with van der Waals surface area (Å²) in [5, 5.41) is 8.88. The van der Waals surface area contributed by atoms with Crippen LogP contribution in [0.4, 0.5) is 0 Å². The van der Waals surface area contributed by atoms with Crippen molar-refractivity contribution in [3.63, 3.8) is 0 Å². The van der Waals surface area contributed by atoms with Crippen molar-refractivity contribution < 1.29 is 9.90 Å². The Morgan fingerprint density at radius 3 is 2.86 bits per heavy atom. The van der Waals surface area contributed by atoms with E-state index in [1.54, 1.807) is 24.8 Å². The van der Waals surface area contributed by atoms with Gasteiger partial charge in [-0.3, -0.25) is 0 Å². The molecule has 0 aromatic heterocycles. The zero-order chi connectivity index (χ0) is 10.6. The number of aromatic carboxylic acids is 1. The average molecular weight is 211 g/mol. The molecule has 0 fully saturated rings. The molecule has 0 aliphatic rings. The number of benzene rings is 1. The highest BCUT2D eigenvalue weighted by Crippen LogP contribution is 2.20. The van der Waals surface area contributed by atoms with Crippen LogP contribution in [0.3, 0.4) is 0 Å². The number of rotatable bonds is 4. The van der Waals surface area contributed by atoms with Gasteiger partial charge in [-0.25, -0.2) is 4.79 Å². The third-order valence-electron chi connectivity index (χ3n) is 1.83. The standard InChI is InChI=1S/C10H13NO2S/c1-7-2-3-8(14-5-4-11)6-9(7)10(12)13/h2-3,6H,4-5,11H2,1H3,(H,12,13). The van der Waals surface area contributed by atoms with Gasteiger partial charge in [-0.2, -0.15) is 0 Å². The summed E-state index contributed by atoms with van der Waals surface area (Å²) in [6, 6.07) is 5.43. The van der Waals surface area contributed by atoms with Gasteiger partial charge in [-0.05, 0) is 24.6 Å². The lowest BCUT2D eigenvalue weighted by molar-refractivity contribution is 0.0696. The maximum atomic E-state index is 10.8. The van der Waals surface area contributed by atoms with E-state index >= 15 is 0 Å². The Kier molecular flexibility index (Phi) is 3.98. The van der Waals surface area contributed by atoms with Crippen LogP contribution in [0.1, 0.15) is 15.9 Å². The zero-order valence-corrected chi connectivity index (χ0v) is 8.80. The Morgan fingerprint density at radius 2 is 2.29 bits per heavy atom. The van der Waals surface area contributed by atoms with Crippen LogP contribution >= 0.6 is 11.8 Å². The summed E-state index contributed by atoms with van der Waals surface area (Å²) in [5.41, 5.74) is 6.52. The molecular formula is C10H13NO2S. The highest BCUT2D eigenvalue weighted by Gasteiger charge is 2.07. The monoisotopic (exact) mass is 211 g/mol. The molecule has 14 heavy (non-hydrogen) atoms. The van der Waals surface area contributed by atoms with Gasteiger partial charge in [0.05, 0.1) is 5.56 Å². The van der Waals surface area contributed by atoms with E-state index in [-0.39, 0.29) is 0 Å². The van der Waals surface area contributed by atoms with Crippen molar-refractivity contribution in [3.05, 3.63) is 29.3 Å². The number of thioether (sulfide) groups is 1. The zero-order valence-electron chi connectivity index (χ0n) is 7.99. The molecule has 0 radical (unpaired) electrons. The first-order valence-corrected chi connectivity index (χ1v) is 5.30. The Bertz CT molecular complexity index is 339. The van der Waals surface area contributed by atoms with Crippen LogP contribution in [0, 0.1) is 6.92 Å². The van der Waals surface area contributed by atoms with E-state index in [2.05, 4.69) is 0 Å². The second-order valence-electron chi connectivity index (χ2n) is 2.92. The molecule has 4 heteroatoms. The maximum absolute atomic E-state index is 10.8. The Balaban J connectivity index is 2.89. The van der Waals surface area contributed by atoms with E-state index in [1.165, 1.54) is 0 Å². The topological polar surface area (TPSA) is 63.3 Å². The molecule has 76 valence electrons. The Hall–Kier alpha value is -1.00. The van der Waals surface area contributed by atoms with Crippen LogP contribution in [0.5, 0.6) is 0 Å². The van der Waals surface area contributed by atoms with Crippen LogP contribution < -0.4 is 5.73 Å². The van der Waals surface area contributed by atoms with Gasteiger partial charge in [0.25, 0.3) is 0 Å². The molecule has 0 aliphatic heterocycles. The molecule has 0 bridgehead atoms. The van der Waals surface area contributed by atoms with E-state index in [4.69, 9.17) is 10.8 Å². The summed E-state index contributed by atoms with van der Waals surface area (Å²) in [7, 11) is 0. The fourth-order valence-electron chi connectivity index (χ4n) is 1.10. The summed E-state index contributed by atoms with van der Waals surface area (Å²) in [6.07, 6.45) is 0. The molecule has 1 rings (SSSR count). The molecule has 0 saturated heterocycles. The number of hydrogen-bond acceptors (Lipinski definition) is 3. The predicted octanol–water partition coefficient (Wildman–Crippen LogP) is 1.74. The minimum absolute atomic E-state index is 0.368. The van der Waals surface area contributed by atoms with E-state index in [9.17, 15) is 4.79 Å². The van der Waals surface area contributed by atoms with Crippen LogP contribution in [-0.2, 0) is 0 Å². The van der Waals surface area contributed by atoms with Gasteiger partial charge >= 0.3 is 5.97 Å². The first-order chi connectivity index (χ1) is 6.65. The van der Waals surface area contributed by atoms with Crippen molar-refractivity contribution in [2.24, 2.45) is 5.73 Å². The van der Waals surface area contributed by atoms with Crippen molar-refractivity contribution in [2.45, 2.75) is 11.8 Å². The average Bonchev–Trinajstić information content (AvgIpc) is 2.16. The lowest BCUT2D eigenvalue weighted by Crippen LogP contribution is -2.02. The van der Waals surface area contributed by atoms with Gasteiger partial charge in [0.15, 0.2) is 0 Å². The van der Waals surface area contributed by atoms with Crippen LogP contribution in [0.25, 0.3) is 0 Å². The van der Waals surface area contributed by atoms with Gasteiger partial charge in [-0.15, -0.1) is 11.8 Å². The van der Waals surface area contributed by atoms with E-state index in [0.29, 0.717) is 12.1 Å². The van der Waals surface area contributed by atoms with Crippen LogP contribution in [-0.4, -0.2) is 23.4 Å². The highest BCUT2D eigenvalue weighted by molar-refractivity contribution is 7.99. The maximum Gasteiger partial charge on any atom is 0.335 e. The number of carboxylic acids is 1. The summed E-state index contributed by atoms with van der Waals surface area (Å²) in [6.45, 7) is 2.39. The minimum Gasteiger partial charge on any atom is -0.478 e. The number of carboxylic acid groups (broad SMARTS) is 1. The molecule has 0 unspecified atom stereocenters. The van der Waals surface area contributed by atoms with Crippen molar-refractivity contribution in [1.29, 1.82) is 0 Å². The summed E-state index contributed by atoms with van der Waals surface area (Å²) in [5.74, 6) is -0.0695. The first-order valence-electron chi connectivity index (χ1n) is 4.32. The van der Waals surface area contributed by atoms with Crippen molar-refractivity contribution in [1.82, 2.24) is 0 Å². The summed E-state index contributed by atoms with van der Waals surface area (Å²) in [4.78, 5) is 11.8. The Morgan fingerprint density at radius 1 is 1.57 bits per heavy atom.